The lowest BCUT2D eigenvalue weighted by molar-refractivity contribution is 0.297. The number of fused-ring (bicyclic) bond motifs is 1. The molecular formula is C13H15NO2. The molecule has 1 aromatic rings. The van der Waals surface area contributed by atoms with E-state index in [1.807, 2.05) is 25.2 Å². The second kappa shape index (κ2) is 5.43. The van der Waals surface area contributed by atoms with Gasteiger partial charge in [-0.15, -0.1) is 0 Å². The van der Waals surface area contributed by atoms with Crippen LogP contribution < -0.4 is 14.8 Å². The van der Waals surface area contributed by atoms with Crippen LogP contribution in [0.5, 0.6) is 11.5 Å². The van der Waals surface area contributed by atoms with Crippen LogP contribution in [-0.2, 0) is 0 Å². The van der Waals surface area contributed by atoms with Gasteiger partial charge in [-0.3, -0.25) is 0 Å². The lowest BCUT2D eigenvalue weighted by Crippen LogP contribution is -2.04. The molecule has 1 aliphatic rings. The fraction of sp³-hybridized carbons (Fsp3) is 0.385. The summed E-state index contributed by atoms with van der Waals surface area (Å²) in [5.41, 5.74) is 0.958. The second-order valence-corrected chi connectivity index (χ2v) is 3.54. The minimum absolute atomic E-state index is 0.689. The average molecular weight is 217 g/mol. The number of hydrogen-bond donors (Lipinski definition) is 1. The van der Waals surface area contributed by atoms with E-state index in [0.29, 0.717) is 13.2 Å². The van der Waals surface area contributed by atoms with Crippen molar-refractivity contribution in [1.29, 1.82) is 0 Å². The van der Waals surface area contributed by atoms with Gasteiger partial charge in [0, 0.05) is 12.0 Å². The van der Waals surface area contributed by atoms with Gasteiger partial charge in [0.25, 0.3) is 0 Å². The van der Waals surface area contributed by atoms with Crippen LogP contribution >= 0.6 is 0 Å². The van der Waals surface area contributed by atoms with E-state index < -0.39 is 0 Å². The normalized spacial score (nSPS) is 13.6. The standard InChI is InChI=1S/C13H15NO2/c1-14-7-2-4-11-5-6-12-13(10-11)16-9-3-8-15-12/h5-6,10,14H,3,7-9H2,1H3. The fourth-order valence-corrected chi connectivity index (χ4v) is 1.48. The summed E-state index contributed by atoms with van der Waals surface area (Å²) in [6, 6.07) is 5.81. The molecule has 0 unspecified atom stereocenters. The quantitative estimate of drug-likeness (QED) is 0.722. The van der Waals surface area contributed by atoms with Gasteiger partial charge < -0.3 is 14.8 Å². The largest absolute Gasteiger partial charge is 0.490 e. The first-order valence-electron chi connectivity index (χ1n) is 5.43. The predicted octanol–water partition coefficient (Wildman–Crippen LogP) is 1.42. The number of nitrogens with one attached hydrogen (secondary N) is 1. The molecule has 3 nitrogen and oxygen atoms in total. The van der Waals surface area contributed by atoms with E-state index in [4.69, 9.17) is 9.47 Å². The molecule has 16 heavy (non-hydrogen) atoms. The SMILES string of the molecule is CNCC#Cc1ccc2c(c1)OCCCO2. The monoisotopic (exact) mass is 217 g/mol. The lowest BCUT2D eigenvalue weighted by atomic mass is 10.2. The highest BCUT2D eigenvalue weighted by molar-refractivity contribution is 5.48. The summed E-state index contributed by atoms with van der Waals surface area (Å²) in [4.78, 5) is 0. The maximum atomic E-state index is 5.59. The molecule has 1 aliphatic heterocycles. The summed E-state index contributed by atoms with van der Waals surface area (Å²) >= 11 is 0. The Kier molecular flexibility index (Phi) is 3.68. The number of rotatable bonds is 1. The first-order chi connectivity index (χ1) is 7.90. The molecule has 0 aromatic heterocycles. The summed E-state index contributed by atoms with van der Waals surface area (Å²) < 4.78 is 11.1. The van der Waals surface area contributed by atoms with E-state index in [-0.39, 0.29) is 0 Å². The smallest absolute Gasteiger partial charge is 0.162 e. The third kappa shape index (κ3) is 2.68. The Labute approximate surface area is 95.8 Å². The summed E-state index contributed by atoms with van der Waals surface area (Å²) in [5, 5.41) is 2.98. The van der Waals surface area contributed by atoms with E-state index >= 15 is 0 Å². The van der Waals surface area contributed by atoms with Crippen molar-refractivity contribution in [3.05, 3.63) is 23.8 Å². The molecule has 0 radical (unpaired) electrons. The van der Waals surface area contributed by atoms with Crippen molar-refractivity contribution in [2.75, 3.05) is 26.8 Å². The Balaban J connectivity index is 2.18. The number of benzene rings is 1. The van der Waals surface area contributed by atoms with Crippen molar-refractivity contribution in [2.45, 2.75) is 6.42 Å². The van der Waals surface area contributed by atoms with E-state index in [1.54, 1.807) is 0 Å². The Hall–Kier alpha value is -1.66. The summed E-state index contributed by atoms with van der Waals surface area (Å²) in [6.45, 7) is 2.12. The molecule has 1 aromatic carbocycles. The minimum Gasteiger partial charge on any atom is -0.490 e. The molecule has 1 heterocycles. The van der Waals surface area contributed by atoms with Crippen LogP contribution in [0, 0.1) is 11.8 Å². The van der Waals surface area contributed by atoms with Gasteiger partial charge in [0.2, 0.25) is 0 Å². The second-order valence-electron chi connectivity index (χ2n) is 3.54. The van der Waals surface area contributed by atoms with Crippen molar-refractivity contribution < 1.29 is 9.47 Å². The third-order valence-electron chi connectivity index (χ3n) is 2.25. The highest BCUT2D eigenvalue weighted by Crippen LogP contribution is 2.29. The topological polar surface area (TPSA) is 30.5 Å². The Morgan fingerprint density at radius 3 is 2.88 bits per heavy atom. The summed E-state index contributed by atoms with van der Waals surface area (Å²) in [5.74, 6) is 7.70. The maximum absolute atomic E-state index is 5.59. The molecule has 0 bridgehead atoms. The first kappa shape index (κ1) is 10.8. The fourth-order valence-electron chi connectivity index (χ4n) is 1.48. The molecule has 0 amide bonds. The number of hydrogen-bond acceptors (Lipinski definition) is 3. The van der Waals surface area contributed by atoms with Crippen LogP contribution in [0.2, 0.25) is 0 Å². The van der Waals surface area contributed by atoms with Gasteiger partial charge in [-0.25, -0.2) is 0 Å². The number of ether oxygens (including phenoxy) is 2. The Morgan fingerprint density at radius 2 is 2.06 bits per heavy atom. The van der Waals surface area contributed by atoms with Crippen molar-refractivity contribution in [3.63, 3.8) is 0 Å². The molecule has 1 N–H and O–H groups in total. The molecule has 0 spiro atoms. The average Bonchev–Trinajstić information content (AvgIpc) is 2.54. The van der Waals surface area contributed by atoms with Crippen LogP contribution in [0.3, 0.4) is 0 Å². The molecule has 0 aliphatic carbocycles. The van der Waals surface area contributed by atoms with Gasteiger partial charge in [0.05, 0.1) is 19.8 Å². The Morgan fingerprint density at radius 1 is 1.25 bits per heavy atom. The van der Waals surface area contributed by atoms with Crippen molar-refractivity contribution in [3.8, 4) is 23.3 Å². The van der Waals surface area contributed by atoms with E-state index in [2.05, 4.69) is 17.2 Å². The first-order valence-corrected chi connectivity index (χ1v) is 5.43. The van der Waals surface area contributed by atoms with Crippen LogP contribution in [0.15, 0.2) is 18.2 Å². The van der Waals surface area contributed by atoms with Gasteiger partial charge in [0.1, 0.15) is 0 Å². The van der Waals surface area contributed by atoms with Gasteiger partial charge in [-0.1, -0.05) is 11.8 Å². The van der Waals surface area contributed by atoms with Crippen molar-refractivity contribution in [1.82, 2.24) is 5.32 Å². The zero-order chi connectivity index (χ0) is 11.2. The van der Waals surface area contributed by atoms with Crippen molar-refractivity contribution >= 4 is 0 Å². The van der Waals surface area contributed by atoms with E-state index in [9.17, 15) is 0 Å². The van der Waals surface area contributed by atoms with Crippen LogP contribution in [0.4, 0.5) is 0 Å². The van der Waals surface area contributed by atoms with Gasteiger partial charge >= 0.3 is 0 Å². The Bertz CT molecular complexity index is 418. The molecule has 84 valence electrons. The molecule has 2 rings (SSSR count). The lowest BCUT2D eigenvalue weighted by Gasteiger charge is -2.06. The van der Waals surface area contributed by atoms with Crippen LogP contribution in [-0.4, -0.2) is 26.8 Å². The summed E-state index contributed by atoms with van der Waals surface area (Å²) in [7, 11) is 1.88. The van der Waals surface area contributed by atoms with E-state index in [0.717, 1.165) is 30.1 Å². The minimum atomic E-state index is 0.689. The van der Waals surface area contributed by atoms with Gasteiger partial charge in [-0.2, -0.15) is 0 Å². The maximum Gasteiger partial charge on any atom is 0.162 e. The van der Waals surface area contributed by atoms with Crippen LogP contribution in [0.25, 0.3) is 0 Å². The van der Waals surface area contributed by atoms with Crippen LogP contribution in [0.1, 0.15) is 12.0 Å². The van der Waals surface area contributed by atoms with Gasteiger partial charge in [-0.05, 0) is 25.2 Å². The molecule has 0 saturated carbocycles. The highest BCUT2D eigenvalue weighted by atomic mass is 16.5. The molecule has 0 fully saturated rings. The van der Waals surface area contributed by atoms with Gasteiger partial charge in [0.15, 0.2) is 11.5 Å². The zero-order valence-corrected chi connectivity index (χ0v) is 9.38. The molecule has 0 atom stereocenters. The zero-order valence-electron chi connectivity index (χ0n) is 9.38. The summed E-state index contributed by atoms with van der Waals surface area (Å²) in [6.07, 6.45) is 0.926. The molecule has 3 heteroatoms. The van der Waals surface area contributed by atoms with E-state index in [1.165, 1.54) is 0 Å². The molecule has 0 saturated heterocycles. The highest BCUT2D eigenvalue weighted by Gasteiger charge is 2.09. The third-order valence-corrected chi connectivity index (χ3v) is 2.25. The van der Waals surface area contributed by atoms with Crippen molar-refractivity contribution in [2.24, 2.45) is 0 Å². The molecular weight excluding hydrogens is 202 g/mol. The predicted molar refractivity (Wildman–Crippen MR) is 62.9 cm³/mol.